The molecule has 0 spiro atoms. The van der Waals surface area contributed by atoms with E-state index in [1.807, 2.05) is 19.1 Å². The van der Waals surface area contributed by atoms with Crippen LogP contribution in [0, 0.1) is 6.92 Å². The number of benzene rings is 1. The molecular formula is C7H7Cl3HfO. The van der Waals surface area contributed by atoms with Crippen LogP contribution in [0.2, 0.25) is 0 Å². The van der Waals surface area contributed by atoms with E-state index in [0.717, 1.165) is 5.56 Å². The molecule has 0 amide bonds. The molecule has 1 aromatic rings. The van der Waals surface area contributed by atoms with Crippen molar-refractivity contribution in [2.45, 2.75) is 6.92 Å². The molecule has 0 atom stereocenters. The van der Waals surface area contributed by atoms with E-state index in [2.05, 4.69) is 0 Å². The van der Waals surface area contributed by atoms with Gasteiger partial charge in [-0.1, -0.05) is 0 Å². The first-order valence-corrected chi connectivity index (χ1v) is 18.1. The molecule has 0 aromatic heterocycles. The van der Waals surface area contributed by atoms with E-state index in [1.165, 1.54) is 0 Å². The fourth-order valence-corrected chi connectivity index (χ4v) is 4.38. The van der Waals surface area contributed by atoms with Crippen LogP contribution in [-0.2, 0) is 16.9 Å². The van der Waals surface area contributed by atoms with E-state index in [4.69, 9.17) is 28.6 Å². The van der Waals surface area contributed by atoms with Gasteiger partial charge in [0.1, 0.15) is 0 Å². The molecule has 5 heteroatoms. The molecule has 0 saturated heterocycles. The average Bonchev–Trinajstić information content (AvgIpc) is 1.91. The van der Waals surface area contributed by atoms with Crippen LogP contribution in [0.1, 0.15) is 5.56 Å². The van der Waals surface area contributed by atoms with Gasteiger partial charge in [0, 0.05) is 0 Å². The number of halogens is 3. The zero-order valence-electron chi connectivity index (χ0n) is 6.35. The van der Waals surface area contributed by atoms with Crippen molar-refractivity contribution < 1.29 is 19.7 Å². The zero-order valence-corrected chi connectivity index (χ0v) is 12.2. The Labute approximate surface area is 87.2 Å². The van der Waals surface area contributed by atoms with Crippen LogP contribution in [0.15, 0.2) is 24.3 Å². The van der Waals surface area contributed by atoms with Gasteiger partial charge in [0.05, 0.1) is 0 Å². The quantitative estimate of drug-likeness (QED) is 0.694. The van der Waals surface area contributed by atoms with Crippen LogP contribution >= 0.6 is 25.7 Å². The summed E-state index contributed by atoms with van der Waals surface area (Å²) in [5, 5.41) is 0. The number of rotatable bonds is 2. The van der Waals surface area contributed by atoms with Gasteiger partial charge in [0.15, 0.2) is 0 Å². The first kappa shape index (κ1) is 10.8. The number of aryl methyl sites for hydroxylation is 1. The maximum atomic E-state index is 5.64. The Morgan fingerprint density at radius 2 is 1.58 bits per heavy atom. The zero-order chi connectivity index (χ0) is 9.19. The molecule has 1 nitrogen and oxygen atoms in total. The van der Waals surface area contributed by atoms with Crippen molar-refractivity contribution in [1.82, 2.24) is 0 Å². The normalized spacial score (nSPS) is 11.3. The fraction of sp³-hybridized carbons (Fsp3) is 0.143. The van der Waals surface area contributed by atoms with Crippen molar-refractivity contribution in [3.05, 3.63) is 29.8 Å². The third kappa shape index (κ3) is 4.13. The molecule has 1 aromatic carbocycles. The summed E-state index contributed by atoms with van der Waals surface area (Å²) in [6, 6.07) is 7.44. The summed E-state index contributed by atoms with van der Waals surface area (Å²) < 4.78 is 5.18. The van der Waals surface area contributed by atoms with Crippen molar-refractivity contribution >= 4 is 25.7 Å². The second-order valence-corrected chi connectivity index (χ2v) is 24.1. The van der Waals surface area contributed by atoms with Gasteiger partial charge in [-0.15, -0.1) is 0 Å². The third-order valence-corrected chi connectivity index (χ3v) is 4.83. The first-order valence-electron chi connectivity index (χ1n) is 3.30. The molecule has 0 saturated carbocycles. The summed E-state index contributed by atoms with van der Waals surface area (Å²) >= 11 is -3.79. The molecule has 0 aliphatic carbocycles. The Bertz CT molecular complexity index is 254. The molecule has 66 valence electrons. The summed E-state index contributed by atoms with van der Waals surface area (Å²) in [6.45, 7) is 1.99. The molecule has 0 aliphatic rings. The predicted molar refractivity (Wildman–Crippen MR) is 49.4 cm³/mol. The van der Waals surface area contributed by atoms with Crippen molar-refractivity contribution in [3.63, 3.8) is 0 Å². The van der Waals surface area contributed by atoms with E-state index in [-0.39, 0.29) is 0 Å². The number of hydrogen-bond donors (Lipinski definition) is 0. The van der Waals surface area contributed by atoms with Crippen LogP contribution < -0.4 is 2.85 Å². The van der Waals surface area contributed by atoms with E-state index in [9.17, 15) is 0 Å². The summed E-state index contributed by atoms with van der Waals surface area (Å²) in [5.74, 6) is 0.641. The molecule has 0 heterocycles. The van der Waals surface area contributed by atoms with Crippen LogP contribution in [0.3, 0.4) is 0 Å². The maximum absolute atomic E-state index is 5.64. The van der Waals surface area contributed by atoms with Crippen LogP contribution in [0.4, 0.5) is 0 Å². The van der Waals surface area contributed by atoms with Crippen molar-refractivity contribution in [2.24, 2.45) is 0 Å². The SMILES string of the molecule is Cc1ccc([O][Hf]([Cl])([Cl])[Cl])cc1. The Morgan fingerprint density at radius 3 is 2.00 bits per heavy atom. The van der Waals surface area contributed by atoms with Gasteiger partial charge in [0.25, 0.3) is 0 Å². The molecule has 0 fully saturated rings. The molecule has 1 rings (SSSR count). The topological polar surface area (TPSA) is 9.23 Å². The first-order chi connectivity index (χ1) is 5.47. The molecule has 0 N–H and O–H groups in total. The van der Waals surface area contributed by atoms with Gasteiger partial charge in [-0.25, -0.2) is 0 Å². The van der Waals surface area contributed by atoms with Crippen molar-refractivity contribution in [2.75, 3.05) is 0 Å². The molecule has 12 heavy (non-hydrogen) atoms. The van der Waals surface area contributed by atoms with Gasteiger partial charge >= 0.3 is 87.9 Å². The van der Waals surface area contributed by atoms with E-state index < -0.39 is 16.9 Å². The van der Waals surface area contributed by atoms with E-state index in [1.54, 1.807) is 12.1 Å². The van der Waals surface area contributed by atoms with Crippen LogP contribution in [0.25, 0.3) is 0 Å². The average molecular weight is 392 g/mol. The van der Waals surface area contributed by atoms with Crippen molar-refractivity contribution in [1.29, 1.82) is 0 Å². The summed E-state index contributed by atoms with van der Waals surface area (Å²) in [6.07, 6.45) is 0. The van der Waals surface area contributed by atoms with Crippen LogP contribution in [-0.4, -0.2) is 0 Å². The van der Waals surface area contributed by atoms with Crippen molar-refractivity contribution in [3.8, 4) is 5.75 Å². The monoisotopic (exact) mass is 392 g/mol. The predicted octanol–water partition coefficient (Wildman–Crippen LogP) is 3.90. The molecular weight excluding hydrogens is 385 g/mol. The Balaban J connectivity index is 2.71. The minimum absolute atomic E-state index is 0.641. The summed E-state index contributed by atoms with van der Waals surface area (Å²) in [4.78, 5) is 0. The third-order valence-electron chi connectivity index (χ3n) is 1.25. The van der Waals surface area contributed by atoms with E-state index in [0.29, 0.717) is 5.75 Å². The Morgan fingerprint density at radius 1 is 1.08 bits per heavy atom. The van der Waals surface area contributed by atoms with E-state index >= 15 is 0 Å². The summed E-state index contributed by atoms with van der Waals surface area (Å²) in [7, 11) is 16.9. The molecule has 0 unspecified atom stereocenters. The Kier molecular flexibility index (Phi) is 3.90. The van der Waals surface area contributed by atoms with Gasteiger partial charge in [-0.3, -0.25) is 0 Å². The summed E-state index contributed by atoms with van der Waals surface area (Å²) in [5.41, 5.74) is 1.16. The van der Waals surface area contributed by atoms with Gasteiger partial charge in [0.2, 0.25) is 0 Å². The number of hydrogen-bond acceptors (Lipinski definition) is 1. The fourth-order valence-electron chi connectivity index (χ4n) is 0.740. The Hall–Kier alpha value is 0.760. The minimum atomic E-state index is -3.79. The second kappa shape index (κ2) is 4.32. The standard InChI is InChI=1S/C7H8O.3ClH.Hf/c1-6-2-4-7(8)5-3-6;;;;/h2-5,8H,1H3;3*1H;/q;;;;+4/p-4. The molecule has 0 bridgehead atoms. The second-order valence-electron chi connectivity index (χ2n) is 2.36. The molecule has 0 radical (unpaired) electrons. The van der Waals surface area contributed by atoms with Crippen LogP contribution in [0.5, 0.6) is 5.75 Å². The van der Waals surface area contributed by atoms with Gasteiger partial charge in [-0.05, 0) is 0 Å². The van der Waals surface area contributed by atoms with Gasteiger partial charge in [-0.2, -0.15) is 0 Å². The molecule has 0 aliphatic heterocycles. The van der Waals surface area contributed by atoms with Gasteiger partial charge < -0.3 is 0 Å².